The summed E-state index contributed by atoms with van der Waals surface area (Å²) in [7, 11) is 0. The normalized spacial score (nSPS) is 11.0. The molecule has 1 aromatic heterocycles. The molecule has 1 rings (SSSR count). The number of halogens is 3. The molecular weight excluding hydrogens is 197 g/mol. The number of nitrogens with zero attached hydrogens (tertiary/aromatic N) is 1. The van der Waals surface area contributed by atoms with Gasteiger partial charge in [-0.2, -0.15) is 18.4 Å². The third-order valence-electron chi connectivity index (χ3n) is 1.55. The van der Waals surface area contributed by atoms with Gasteiger partial charge >= 0.3 is 6.18 Å². The van der Waals surface area contributed by atoms with Crippen LogP contribution in [0.4, 0.5) is 13.2 Å². The minimum atomic E-state index is -4.68. The molecule has 74 valence electrons. The van der Waals surface area contributed by atoms with Crippen LogP contribution in [0.15, 0.2) is 17.1 Å². The van der Waals surface area contributed by atoms with Crippen LogP contribution in [-0.2, 0) is 12.6 Å². The number of nitriles is 1. The molecule has 1 aromatic rings. The second kappa shape index (κ2) is 3.54. The van der Waals surface area contributed by atoms with Crippen LogP contribution in [0.3, 0.4) is 0 Å². The zero-order valence-corrected chi connectivity index (χ0v) is 6.85. The van der Waals surface area contributed by atoms with Gasteiger partial charge < -0.3 is 4.98 Å². The van der Waals surface area contributed by atoms with E-state index in [-0.39, 0.29) is 12.0 Å². The highest BCUT2D eigenvalue weighted by Gasteiger charge is 2.33. The maximum Gasteiger partial charge on any atom is 0.421 e. The topological polar surface area (TPSA) is 56.6 Å². The minimum absolute atomic E-state index is 0.138. The average molecular weight is 202 g/mol. The van der Waals surface area contributed by atoms with Gasteiger partial charge in [0.25, 0.3) is 5.56 Å². The molecule has 0 unspecified atom stereocenters. The van der Waals surface area contributed by atoms with Gasteiger partial charge in [0.1, 0.15) is 5.56 Å². The van der Waals surface area contributed by atoms with Crippen LogP contribution in [0.5, 0.6) is 0 Å². The summed E-state index contributed by atoms with van der Waals surface area (Å²) in [4.78, 5) is 12.7. The summed E-state index contributed by atoms with van der Waals surface area (Å²) in [5, 5.41) is 8.26. The smallest absolute Gasteiger partial charge is 0.328 e. The minimum Gasteiger partial charge on any atom is -0.328 e. The van der Waals surface area contributed by atoms with Crippen LogP contribution in [0.2, 0.25) is 0 Å². The van der Waals surface area contributed by atoms with Crippen LogP contribution < -0.4 is 5.56 Å². The number of H-pyrrole nitrogens is 1. The molecule has 0 aromatic carbocycles. The Hall–Kier alpha value is -1.77. The fourth-order valence-electron chi connectivity index (χ4n) is 0.933. The van der Waals surface area contributed by atoms with Crippen molar-refractivity contribution in [2.75, 3.05) is 0 Å². The van der Waals surface area contributed by atoms with E-state index in [9.17, 15) is 18.0 Å². The Bertz CT molecular complexity index is 427. The number of aromatic nitrogens is 1. The first kappa shape index (κ1) is 10.3. The number of pyridine rings is 1. The summed E-state index contributed by atoms with van der Waals surface area (Å²) in [5.41, 5.74) is -2.33. The molecule has 0 aliphatic rings. The van der Waals surface area contributed by atoms with Crippen LogP contribution in [0, 0.1) is 11.3 Å². The maximum atomic E-state index is 12.2. The molecule has 1 heterocycles. The van der Waals surface area contributed by atoms with E-state index in [0.29, 0.717) is 6.07 Å². The van der Waals surface area contributed by atoms with E-state index in [4.69, 9.17) is 5.26 Å². The van der Waals surface area contributed by atoms with E-state index in [2.05, 4.69) is 0 Å². The highest BCUT2D eigenvalue weighted by molar-refractivity contribution is 5.22. The number of hydrogen-bond acceptors (Lipinski definition) is 2. The van der Waals surface area contributed by atoms with Gasteiger partial charge in [-0.25, -0.2) is 0 Å². The van der Waals surface area contributed by atoms with E-state index >= 15 is 0 Å². The molecule has 0 aliphatic heterocycles. The summed E-state index contributed by atoms with van der Waals surface area (Å²) in [5.74, 6) is 0. The highest BCUT2D eigenvalue weighted by atomic mass is 19.4. The number of alkyl halides is 3. The van der Waals surface area contributed by atoms with E-state index < -0.39 is 17.3 Å². The van der Waals surface area contributed by atoms with E-state index in [1.807, 2.05) is 4.98 Å². The number of aromatic amines is 1. The van der Waals surface area contributed by atoms with Gasteiger partial charge in [0.2, 0.25) is 0 Å². The lowest BCUT2D eigenvalue weighted by Gasteiger charge is -2.05. The molecule has 0 fully saturated rings. The van der Waals surface area contributed by atoms with E-state index in [1.165, 1.54) is 0 Å². The van der Waals surface area contributed by atoms with Gasteiger partial charge in [0.05, 0.1) is 12.5 Å². The van der Waals surface area contributed by atoms with Crippen molar-refractivity contribution >= 4 is 0 Å². The zero-order chi connectivity index (χ0) is 10.8. The SMILES string of the molecule is N#CCc1c[nH]c(=O)c(C(F)(F)F)c1. The van der Waals surface area contributed by atoms with Gasteiger partial charge in [-0.05, 0) is 11.6 Å². The Morgan fingerprint density at radius 1 is 1.50 bits per heavy atom. The summed E-state index contributed by atoms with van der Waals surface area (Å²) in [6.07, 6.45) is -3.75. The molecule has 6 heteroatoms. The first-order valence-electron chi connectivity index (χ1n) is 3.61. The van der Waals surface area contributed by atoms with Crippen molar-refractivity contribution in [3.8, 4) is 6.07 Å². The second-order valence-electron chi connectivity index (χ2n) is 2.58. The molecule has 0 saturated carbocycles. The summed E-state index contributed by atoms with van der Waals surface area (Å²) in [6, 6.07) is 2.38. The quantitative estimate of drug-likeness (QED) is 0.749. The molecule has 0 bridgehead atoms. The number of hydrogen-bond donors (Lipinski definition) is 1. The van der Waals surface area contributed by atoms with Crippen molar-refractivity contribution in [3.63, 3.8) is 0 Å². The second-order valence-corrected chi connectivity index (χ2v) is 2.58. The molecule has 0 saturated heterocycles. The van der Waals surface area contributed by atoms with Crippen molar-refractivity contribution in [1.82, 2.24) is 4.98 Å². The standard InChI is InChI=1S/C8H5F3N2O/c9-8(10,11)6-3-5(1-2-12)4-13-7(6)14/h3-4H,1H2,(H,13,14). The van der Waals surface area contributed by atoms with Crippen molar-refractivity contribution in [3.05, 3.63) is 33.7 Å². The molecule has 3 nitrogen and oxygen atoms in total. The van der Waals surface area contributed by atoms with Gasteiger partial charge in [0, 0.05) is 6.20 Å². The van der Waals surface area contributed by atoms with Crippen LogP contribution in [0.1, 0.15) is 11.1 Å². The molecule has 0 spiro atoms. The molecule has 1 N–H and O–H groups in total. The maximum absolute atomic E-state index is 12.2. The van der Waals surface area contributed by atoms with Crippen LogP contribution in [0.25, 0.3) is 0 Å². The van der Waals surface area contributed by atoms with Gasteiger partial charge in [-0.1, -0.05) is 0 Å². The predicted molar refractivity (Wildman–Crippen MR) is 41.4 cm³/mol. The predicted octanol–water partition coefficient (Wildman–Crippen LogP) is 1.46. The summed E-state index contributed by atoms with van der Waals surface area (Å²) < 4.78 is 36.5. The van der Waals surface area contributed by atoms with Crippen LogP contribution >= 0.6 is 0 Å². The Kier molecular flexibility index (Phi) is 2.60. The molecule has 0 amide bonds. The Morgan fingerprint density at radius 2 is 2.14 bits per heavy atom. The lowest BCUT2D eigenvalue weighted by Crippen LogP contribution is -2.21. The van der Waals surface area contributed by atoms with Crippen molar-refractivity contribution in [1.29, 1.82) is 5.26 Å². The molecule has 14 heavy (non-hydrogen) atoms. The Morgan fingerprint density at radius 3 is 2.64 bits per heavy atom. The summed E-state index contributed by atoms with van der Waals surface area (Å²) >= 11 is 0. The average Bonchev–Trinajstić information content (AvgIpc) is 2.07. The van der Waals surface area contributed by atoms with Crippen LogP contribution in [-0.4, -0.2) is 4.98 Å². The lowest BCUT2D eigenvalue weighted by molar-refractivity contribution is -0.138. The molecular formula is C8H5F3N2O. The first-order chi connectivity index (χ1) is 6.45. The van der Waals surface area contributed by atoms with Gasteiger partial charge in [-0.3, -0.25) is 4.79 Å². The van der Waals surface area contributed by atoms with E-state index in [1.54, 1.807) is 6.07 Å². The van der Waals surface area contributed by atoms with Gasteiger partial charge in [-0.15, -0.1) is 0 Å². The Labute approximate surface area is 76.8 Å². The third-order valence-corrected chi connectivity index (χ3v) is 1.55. The van der Waals surface area contributed by atoms with Crippen molar-refractivity contribution in [2.45, 2.75) is 12.6 Å². The van der Waals surface area contributed by atoms with Gasteiger partial charge in [0.15, 0.2) is 0 Å². The number of nitrogens with one attached hydrogen (secondary N) is 1. The third kappa shape index (κ3) is 2.13. The van der Waals surface area contributed by atoms with Crippen molar-refractivity contribution < 1.29 is 13.2 Å². The zero-order valence-electron chi connectivity index (χ0n) is 6.85. The fourth-order valence-corrected chi connectivity index (χ4v) is 0.933. The molecule has 0 radical (unpaired) electrons. The molecule has 0 atom stereocenters. The van der Waals surface area contributed by atoms with E-state index in [0.717, 1.165) is 6.20 Å². The fraction of sp³-hybridized carbons (Fsp3) is 0.250. The summed E-state index contributed by atoms with van der Waals surface area (Å²) in [6.45, 7) is 0. The lowest BCUT2D eigenvalue weighted by atomic mass is 10.1. The monoisotopic (exact) mass is 202 g/mol. The number of rotatable bonds is 1. The first-order valence-corrected chi connectivity index (χ1v) is 3.61. The molecule has 0 aliphatic carbocycles. The van der Waals surface area contributed by atoms with Crippen molar-refractivity contribution in [2.24, 2.45) is 0 Å². The Balaban J connectivity index is 3.24. The largest absolute Gasteiger partial charge is 0.421 e. The highest BCUT2D eigenvalue weighted by Crippen LogP contribution is 2.26.